The van der Waals surface area contributed by atoms with Crippen LogP contribution in [0.5, 0.6) is 5.88 Å². The van der Waals surface area contributed by atoms with Crippen LogP contribution in [-0.2, 0) is 6.54 Å². The first-order chi connectivity index (χ1) is 15.4. The number of anilines is 1. The van der Waals surface area contributed by atoms with Gasteiger partial charge in [-0.25, -0.2) is 14.6 Å². The second kappa shape index (κ2) is 9.23. The molecule has 2 atom stereocenters. The number of aryl methyl sites for hydroxylation is 2. The van der Waals surface area contributed by atoms with Gasteiger partial charge >= 0.3 is 0 Å². The number of aliphatic hydroxyl groups excluding tert-OH is 2. The Morgan fingerprint density at radius 1 is 1.38 bits per heavy atom. The van der Waals surface area contributed by atoms with Gasteiger partial charge in [-0.3, -0.25) is 4.79 Å². The molecule has 1 saturated heterocycles. The van der Waals surface area contributed by atoms with Gasteiger partial charge in [0.2, 0.25) is 5.88 Å². The van der Waals surface area contributed by atoms with Crippen molar-refractivity contribution in [2.24, 2.45) is 0 Å². The Hall–Kier alpha value is -3.02. The Morgan fingerprint density at radius 2 is 2.19 bits per heavy atom. The molecule has 0 amide bonds. The normalized spacial score (nSPS) is 17.0. The summed E-state index contributed by atoms with van der Waals surface area (Å²) in [4.78, 5) is 22.9. The lowest BCUT2D eigenvalue weighted by molar-refractivity contribution is 0.0770. The maximum Gasteiger partial charge on any atom is 0.287 e. The fraction of sp³-hybridized carbons (Fsp3) is 0.450. The van der Waals surface area contributed by atoms with Gasteiger partial charge in [-0.15, -0.1) is 0 Å². The molecule has 4 heterocycles. The van der Waals surface area contributed by atoms with E-state index in [2.05, 4.69) is 20.2 Å². The molecular formula is C20H23ClN6O5. The molecule has 2 N–H and O–H groups in total. The minimum Gasteiger partial charge on any atom is -0.472 e. The zero-order valence-electron chi connectivity index (χ0n) is 17.6. The smallest absolute Gasteiger partial charge is 0.287 e. The van der Waals surface area contributed by atoms with E-state index in [1.54, 1.807) is 6.07 Å². The van der Waals surface area contributed by atoms with Crippen LogP contribution >= 0.6 is 11.6 Å². The summed E-state index contributed by atoms with van der Waals surface area (Å²) in [7, 11) is 0. The van der Waals surface area contributed by atoms with Gasteiger partial charge in [0, 0.05) is 19.0 Å². The Morgan fingerprint density at radius 3 is 2.91 bits per heavy atom. The second-order valence-corrected chi connectivity index (χ2v) is 7.96. The number of aromatic nitrogens is 5. The molecule has 0 radical (unpaired) electrons. The van der Waals surface area contributed by atoms with Crippen LogP contribution in [0.15, 0.2) is 27.9 Å². The van der Waals surface area contributed by atoms with Crippen LogP contribution in [0, 0.1) is 13.8 Å². The number of rotatable bonds is 7. The molecule has 1 unspecified atom stereocenters. The van der Waals surface area contributed by atoms with Gasteiger partial charge in [0.15, 0.2) is 0 Å². The van der Waals surface area contributed by atoms with Gasteiger partial charge in [0.25, 0.3) is 5.56 Å². The minimum absolute atomic E-state index is 0.00789. The van der Waals surface area contributed by atoms with E-state index in [1.165, 1.54) is 12.5 Å². The maximum atomic E-state index is 12.5. The fourth-order valence-corrected chi connectivity index (χ4v) is 3.93. The van der Waals surface area contributed by atoms with Gasteiger partial charge in [-0.2, -0.15) is 5.10 Å². The van der Waals surface area contributed by atoms with Gasteiger partial charge in [0.1, 0.15) is 23.2 Å². The van der Waals surface area contributed by atoms with Crippen molar-refractivity contribution in [3.05, 3.63) is 45.4 Å². The van der Waals surface area contributed by atoms with E-state index >= 15 is 0 Å². The standard InChI is InChI=1S/C20H23ClN6O5/c1-11-18(12(2)32-25-11)15-5-17(23-10-22-15)31-14-3-4-26(8-14)16-6-24-27(7-13(29)9-28)20(30)19(16)21/h5-6,10,13-14,28-29H,3-4,7-9H2,1-2H3/t13?,14-/m1/s1. The molecule has 4 rings (SSSR count). The lowest BCUT2D eigenvalue weighted by Gasteiger charge is -2.20. The predicted octanol–water partition coefficient (Wildman–Crippen LogP) is 0.969. The van der Waals surface area contributed by atoms with Gasteiger partial charge in [0.05, 0.1) is 54.6 Å². The predicted molar refractivity (Wildman–Crippen MR) is 115 cm³/mol. The van der Waals surface area contributed by atoms with E-state index in [0.29, 0.717) is 42.5 Å². The molecule has 0 spiro atoms. The summed E-state index contributed by atoms with van der Waals surface area (Å²) in [5, 5.41) is 26.6. The van der Waals surface area contributed by atoms with Gasteiger partial charge in [-0.05, 0) is 13.8 Å². The van der Waals surface area contributed by atoms with Crippen LogP contribution in [0.3, 0.4) is 0 Å². The third kappa shape index (κ3) is 4.45. The van der Waals surface area contributed by atoms with Gasteiger partial charge < -0.3 is 24.4 Å². The first-order valence-corrected chi connectivity index (χ1v) is 10.5. The molecule has 170 valence electrons. The molecule has 3 aromatic heterocycles. The summed E-state index contributed by atoms with van der Waals surface area (Å²) in [6.07, 6.45) is 2.36. The van der Waals surface area contributed by atoms with Crippen LogP contribution < -0.4 is 15.2 Å². The van der Waals surface area contributed by atoms with E-state index in [0.717, 1.165) is 15.9 Å². The van der Waals surface area contributed by atoms with Crippen LogP contribution in [-0.4, -0.2) is 67.0 Å². The summed E-state index contributed by atoms with van der Waals surface area (Å²) in [6.45, 7) is 4.18. The van der Waals surface area contributed by atoms with Crippen molar-refractivity contribution in [3.63, 3.8) is 0 Å². The third-order valence-corrected chi connectivity index (χ3v) is 5.62. The van der Waals surface area contributed by atoms with E-state index in [9.17, 15) is 9.90 Å². The molecule has 11 nitrogen and oxygen atoms in total. The average molecular weight is 463 g/mol. The zero-order valence-corrected chi connectivity index (χ0v) is 18.4. The number of hydrogen-bond donors (Lipinski definition) is 2. The number of ether oxygens (including phenoxy) is 1. The monoisotopic (exact) mass is 462 g/mol. The molecule has 3 aromatic rings. The molecule has 12 heteroatoms. The van der Waals surface area contributed by atoms with Crippen molar-refractivity contribution < 1.29 is 19.5 Å². The summed E-state index contributed by atoms with van der Waals surface area (Å²) in [5.41, 5.74) is 2.19. The SMILES string of the molecule is Cc1noc(C)c1-c1cc(O[C@@H]2CCN(c3cnn(CC(O)CO)c(=O)c3Cl)C2)ncn1. The van der Waals surface area contributed by atoms with Crippen molar-refractivity contribution in [2.75, 3.05) is 24.6 Å². The lowest BCUT2D eigenvalue weighted by atomic mass is 10.1. The highest BCUT2D eigenvalue weighted by Crippen LogP contribution is 2.29. The molecule has 1 aliphatic rings. The molecule has 32 heavy (non-hydrogen) atoms. The topological polar surface area (TPSA) is 140 Å². The number of halogens is 1. The minimum atomic E-state index is -1.09. The van der Waals surface area contributed by atoms with E-state index < -0.39 is 18.3 Å². The molecule has 1 aliphatic heterocycles. The van der Waals surface area contributed by atoms with Crippen LogP contribution in [0.1, 0.15) is 17.9 Å². The van der Waals surface area contributed by atoms with Crippen molar-refractivity contribution in [3.8, 4) is 17.1 Å². The maximum absolute atomic E-state index is 12.5. The van der Waals surface area contributed by atoms with Crippen LogP contribution in [0.25, 0.3) is 11.3 Å². The number of aliphatic hydroxyl groups is 2. The highest BCUT2D eigenvalue weighted by Gasteiger charge is 2.28. The first-order valence-electron chi connectivity index (χ1n) is 10.1. The van der Waals surface area contributed by atoms with Crippen LogP contribution in [0.4, 0.5) is 5.69 Å². The highest BCUT2D eigenvalue weighted by molar-refractivity contribution is 6.33. The van der Waals surface area contributed by atoms with Crippen LogP contribution in [0.2, 0.25) is 5.02 Å². The molecule has 0 saturated carbocycles. The Balaban J connectivity index is 1.46. The van der Waals surface area contributed by atoms with E-state index in [-0.39, 0.29) is 17.7 Å². The van der Waals surface area contributed by atoms with E-state index in [1.807, 2.05) is 18.7 Å². The first kappa shape index (κ1) is 22.2. The Kier molecular flexibility index (Phi) is 6.40. The Bertz CT molecular complexity index is 1150. The van der Waals surface area contributed by atoms with Crippen molar-refractivity contribution >= 4 is 17.3 Å². The largest absolute Gasteiger partial charge is 0.472 e. The highest BCUT2D eigenvalue weighted by atomic mass is 35.5. The number of nitrogens with zero attached hydrogens (tertiary/aromatic N) is 6. The summed E-state index contributed by atoms with van der Waals surface area (Å²) >= 11 is 6.29. The molecule has 0 bridgehead atoms. The Labute approximate surface area is 188 Å². The average Bonchev–Trinajstić information content (AvgIpc) is 3.37. The van der Waals surface area contributed by atoms with Gasteiger partial charge in [-0.1, -0.05) is 16.8 Å². The molecule has 0 aliphatic carbocycles. The molecule has 1 fully saturated rings. The molecule has 0 aromatic carbocycles. The second-order valence-electron chi connectivity index (χ2n) is 7.58. The van der Waals surface area contributed by atoms with Crippen molar-refractivity contribution in [1.82, 2.24) is 24.9 Å². The fourth-order valence-electron chi connectivity index (χ4n) is 3.67. The third-order valence-electron chi connectivity index (χ3n) is 5.27. The summed E-state index contributed by atoms with van der Waals surface area (Å²) < 4.78 is 12.3. The summed E-state index contributed by atoms with van der Waals surface area (Å²) in [6, 6.07) is 1.75. The van der Waals surface area contributed by atoms with E-state index in [4.69, 9.17) is 26.0 Å². The lowest BCUT2D eigenvalue weighted by Crippen LogP contribution is -2.33. The number of hydrogen-bond acceptors (Lipinski definition) is 10. The zero-order chi connectivity index (χ0) is 22.8. The van der Waals surface area contributed by atoms with Crippen molar-refractivity contribution in [1.29, 1.82) is 0 Å². The summed E-state index contributed by atoms with van der Waals surface area (Å²) in [5.74, 6) is 1.10. The molecular weight excluding hydrogens is 440 g/mol. The quantitative estimate of drug-likeness (QED) is 0.521. The van der Waals surface area contributed by atoms with Crippen molar-refractivity contribution in [2.45, 2.75) is 39.0 Å².